The number of benzene rings is 1. The fourth-order valence-electron chi connectivity index (χ4n) is 1.18. The molecular formula is C11H8FNO4. The summed E-state index contributed by atoms with van der Waals surface area (Å²) in [7, 11) is 0. The molecule has 1 N–H and O–H groups in total. The van der Waals surface area contributed by atoms with Crippen LogP contribution in [0.1, 0.15) is 16.4 Å². The van der Waals surface area contributed by atoms with E-state index < -0.39 is 11.8 Å². The van der Waals surface area contributed by atoms with Gasteiger partial charge in [0.05, 0.1) is 6.20 Å². The van der Waals surface area contributed by atoms with Crippen LogP contribution in [0, 0.1) is 5.82 Å². The van der Waals surface area contributed by atoms with Crippen LogP contribution >= 0.6 is 0 Å². The van der Waals surface area contributed by atoms with Crippen molar-refractivity contribution in [3.8, 4) is 5.75 Å². The number of para-hydroxylation sites is 1. The third kappa shape index (κ3) is 2.60. The predicted molar refractivity (Wildman–Crippen MR) is 54.2 cm³/mol. The maximum atomic E-state index is 13.2. The Morgan fingerprint density at radius 2 is 2.24 bits per heavy atom. The van der Waals surface area contributed by atoms with Crippen LogP contribution in [0.5, 0.6) is 5.75 Å². The summed E-state index contributed by atoms with van der Waals surface area (Å²) in [6, 6.07) is 5.87. The molecule has 0 atom stereocenters. The first-order valence-corrected chi connectivity index (χ1v) is 4.72. The Morgan fingerprint density at radius 3 is 2.88 bits per heavy atom. The van der Waals surface area contributed by atoms with Crippen LogP contribution in [0.2, 0.25) is 0 Å². The van der Waals surface area contributed by atoms with Gasteiger partial charge in [-0.2, -0.15) is 0 Å². The summed E-state index contributed by atoms with van der Waals surface area (Å²) >= 11 is 0. The average molecular weight is 237 g/mol. The molecule has 0 bridgehead atoms. The van der Waals surface area contributed by atoms with Crippen LogP contribution in [-0.2, 0) is 6.61 Å². The molecular weight excluding hydrogens is 229 g/mol. The van der Waals surface area contributed by atoms with Crippen LogP contribution in [0.25, 0.3) is 0 Å². The molecule has 88 valence electrons. The van der Waals surface area contributed by atoms with Gasteiger partial charge in [0.15, 0.2) is 18.2 Å². The van der Waals surface area contributed by atoms with E-state index in [1.807, 2.05) is 0 Å². The van der Waals surface area contributed by atoms with Gasteiger partial charge in [0, 0.05) is 0 Å². The molecule has 0 spiro atoms. The molecule has 2 aromatic rings. The third-order valence-electron chi connectivity index (χ3n) is 1.95. The predicted octanol–water partition coefficient (Wildman–Crippen LogP) is 2.09. The fourth-order valence-corrected chi connectivity index (χ4v) is 1.18. The number of hydrogen-bond acceptors (Lipinski definition) is 4. The summed E-state index contributed by atoms with van der Waals surface area (Å²) in [5.74, 6) is -1.86. The maximum Gasteiger partial charge on any atom is 0.373 e. The zero-order chi connectivity index (χ0) is 12.3. The topological polar surface area (TPSA) is 72.6 Å². The minimum atomic E-state index is -1.21. The quantitative estimate of drug-likeness (QED) is 0.881. The molecule has 0 aliphatic heterocycles. The highest BCUT2D eigenvalue weighted by molar-refractivity contribution is 5.83. The lowest BCUT2D eigenvalue weighted by molar-refractivity contribution is 0.0658. The average Bonchev–Trinajstić information content (AvgIpc) is 2.77. The lowest BCUT2D eigenvalue weighted by Crippen LogP contribution is -1.97. The second-order valence-electron chi connectivity index (χ2n) is 3.14. The summed E-state index contributed by atoms with van der Waals surface area (Å²) in [6.45, 7) is -0.131. The number of rotatable bonds is 4. The van der Waals surface area contributed by atoms with Crippen LogP contribution in [0.4, 0.5) is 4.39 Å². The molecule has 2 rings (SSSR count). The number of carbonyl (C=O) groups is 1. The Bertz CT molecular complexity index is 538. The van der Waals surface area contributed by atoms with Crippen molar-refractivity contribution in [2.45, 2.75) is 6.61 Å². The highest BCUT2D eigenvalue weighted by Crippen LogP contribution is 2.17. The van der Waals surface area contributed by atoms with E-state index in [1.54, 1.807) is 6.07 Å². The standard InChI is InChI=1S/C11H8FNO4/c12-7-3-1-2-4-8(7)16-6-10-13-5-9(17-10)11(14)15/h1-5H,6H2,(H,14,15). The molecule has 0 unspecified atom stereocenters. The number of aromatic nitrogens is 1. The fraction of sp³-hybridized carbons (Fsp3) is 0.0909. The van der Waals surface area contributed by atoms with Crippen molar-refractivity contribution in [1.29, 1.82) is 0 Å². The number of oxazole rings is 1. The zero-order valence-corrected chi connectivity index (χ0v) is 8.59. The number of carboxylic acid groups (broad SMARTS) is 1. The summed E-state index contributed by atoms with van der Waals surface area (Å²) in [5.41, 5.74) is 0. The SMILES string of the molecule is O=C(O)c1cnc(COc2ccccc2F)o1. The van der Waals surface area contributed by atoms with Gasteiger partial charge >= 0.3 is 5.97 Å². The molecule has 0 saturated carbocycles. The summed E-state index contributed by atoms with van der Waals surface area (Å²) < 4.78 is 23.1. The molecule has 0 aliphatic carbocycles. The van der Waals surface area contributed by atoms with Crippen molar-refractivity contribution in [3.05, 3.63) is 47.9 Å². The van der Waals surface area contributed by atoms with Crippen LogP contribution in [-0.4, -0.2) is 16.1 Å². The van der Waals surface area contributed by atoms with E-state index in [0.29, 0.717) is 0 Å². The second-order valence-corrected chi connectivity index (χ2v) is 3.14. The first-order valence-electron chi connectivity index (χ1n) is 4.72. The second kappa shape index (κ2) is 4.65. The van der Waals surface area contributed by atoms with Gasteiger partial charge in [-0.1, -0.05) is 12.1 Å². The first-order chi connectivity index (χ1) is 8.16. The number of aromatic carboxylic acids is 1. The number of ether oxygens (including phenoxy) is 1. The highest BCUT2D eigenvalue weighted by atomic mass is 19.1. The van der Waals surface area contributed by atoms with Gasteiger partial charge < -0.3 is 14.3 Å². The number of carboxylic acids is 1. The molecule has 0 fully saturated rings. The van der Waals surface area contributed by atoms with Crippen molar-refractivity contribution in [2.24, 2.45) is 0 Å². The van der Waals surface area contributed by atoms with Gasteiger partial charge in [0.25, 0.3) is 0 Å². The summed E-state index contributed by atoms with van der Waals surface area (Å²) in [6.07, 6.45) is 1.07. The Labute approximate surface area is 95.5 Å². The lowest BCUT2D eigenvalue weighted by atomic mass is 10.3. The summed E-state index contributed by atoms with van der Waals surface area (Å²) in [4.78, 5) is 14.2. The van der Waals surface area contributed by atoms with E-state index in [1.165, 1.54) is 18.2 Å². The van der Waals surface area contributed by atoms with E-state index in [4.69, 9.17) is 14.3 Å². The molecule has 0 amide bonds. The molecule has 5 nitrogen and oxygen atoms in total. The molecule has 1 heterocycles. The van der Waals surface area contributed by atoms with Crippen molar-refractivity contribution in [3.63, 3.8) is 0 Å². The smallest absolute Gasteiger partial charge is 0.373 e. The minimum Gasteiger partial charge on any atom is -0.481 e. The van der Waals surface area contributed by atoms with Gasteiger partial charge in [0.2, 0.25) is 11.7 Å². The van der Waals surface area contributed by atoms with Gasteiger partial charge in [-0.15, -0.1) is 0 Å². The lowest BCUT2D eigenvalue weighted by Gasteiger charge is -2.03. The third-order valence-corrected chi connectivity index (χ3v) is 1.95. The van der Waals surface area contributed by atoms with Gasteiger partial charge in [-0.3, -0.25) is 0 Å². The van der Waals surface area contributed by atoms with E-state index in [9.17, 15) is 9.18 Å². The van der Waals surface area contributed by atoms with Crippen molar-refractivity contribution < 1.29 is 23.4 Å². The molecule has 17 heavy (non-hydrogen) atoms. The van der Waals surface area contributed by atoms with Crippen molar-refractivity contribution >= 4 is 5.97 Å². The van der Waals surface area contributed by atoms with Crippen LogP contribution in [0.3, 0.4) is 0 Å². The largest absolute Gasteiger partial charge is 0.481 e. The Kier molecular flexibility index (Phi) is 3.04. The maximum absolute atomic E-state index is 13.2. The Morgan fingerprint density at radius 1 is 1.47 bits per heavy atom. The Hall–Kier alpha value is -2.37. The van der Waals surface area contributed by atoms with Gasteiger partial charge in [-0.25, -0.2) is 14.2 Å². The van der Waals surface area contributed by atoms with E-state index in [-0.39, 0.29) is 24.0 Å². The van der Waals surface area contributed by atoms with E-state index in [2.05, 4.69) is 4.98 Å². The number of hydrogen-bond donors (Lipinski definition) is 1. The van der Waals surface area contributed by atoms with Crippen LogP contribution < -0.4 is 4.74 Å². The van der Waals surface area contributed by atoms with E-state index in [0.717, 1.165) is 6.20 Å². The highest BCUT2D eigenvalue weighted by Gasteiger charge is 2.11. The minimum absolute atomic E-state index is 0.0579. The zero-order valence-electron chi connectivity index (χ0n) is 8.59. The van der Waals surface area contributed by atoms with Crippen molar-refractivity contribution in [2.75, 3.05) is 0 Å². The monoisotopic (exact) mass is 237 g/mol. The van der Waals surface area contributed by atoms with Gasteiger partial charge in [-0.05, 0) is 12.1 Å². The summed E-state index contributed by atoms with van der Waals surface area (Å²) in [5, 5.41) is 8.59. The molecule has 1 aromatic heterocycles. The number of halogens is 1. The molecule has 0 saturated heterocycles. The van der Waals surface area contributed by atoms with Crippen molar-refractivity contribution in [1.82, 2.24) is 4.98 Å². The molecule has 1 aromatic carbocycles. The number of nitrogens with zero attached hydrogens (tertiary/aromatic N) is 1. The normalized spacial score (nSPS) is 10.2. The first kappa shape index (κ1) is 11.1. The van der Waals surface area contributed by atoms with E-state index >= 15 is 0 Å². The van der Waals surface area contributed by atoms with Crippen LogP contribution in [0.15, 0.2) is 34.9 Å². The van der Waals surface area contributed by atoms with Gasteiger partial charge in [0.1, 0.15) is 0 Å². The molecule has 0 radical (unpaired) electrons. The molecule has 6 heteroatoms. The molecule has 0 aliphatic rings. The Balaban J connectivity index is 2.02.